The van der Waals surface area contributed by atoms with Crippen LogP contribution < -0.4 is 5.32 Å². The Morgan fingerprint density at radius 3 is 2.42 bits per heavy atom. The third kappa shape index (κ3) is 4.22. The Kier molecular flexibility index (Phi) is 5.55. The largest absolute Gasteiger partial charge is 0.321 e. The highest BCUT2D eigenvalue weighted by molar-refractivity contribution is 7.99. The zero-order valence-corrected chi connectivity index (χ0v) is 15.0. The zero-order chi connectivity index (χ0) is 18.5. The molecule has 3 aromatic rings. The van der Waals surface area contributed by atoms with Crippen LogP contribution in [0.3, 0.4) is 0 Å². The number of nitro groups is 1. The van der Waals surface area contributed by atoms with Gasteiger partial charge in [-0.15, -0.1) is 0 Å². The number of rotatable bonds is 5. The van der Waals surface area contributed by atoms with E-state index >= 15 is 0 Å². The van der Waals surface area contributed by atoms with Crippen molar-refractivity contribution in [2.45, 2.75) is 9.79 Å². The van der Waals surface area contributed by atoms with Crippen LogP contribution in [-0.2, 0) is 0 Å². The molecule has 0 fully saturated rings. The van der Waals surface area contributed by atoms with Crippen LogP contribution >= 0.6 is 23.4 Å². The average Bonchev–Trinajstić information content (AvgIpc) is 2.64. The minimum atomic E-state index is -0.613. The summed E-state index contributed by atoms with van der Waals surface area (Å²) in [5.74, 6) is -0.439. The molecule has 0 heterocycles. The van der Waals surface area contributed by atoms with Gasteiger partial charge >= 0.3 is 0 Å². The molecule has 3 rings (SSSR count). The van der Waals surface area contributed by atoms with Gasteiger partial charge in [0.2, 0.25) is 0 Å². The summed E-state index contributed by atoms with van der Waals surface area (Å²) >= 11 is 7.31. The van der Waals surface area contributed by atoms with Crippen LogP contribution in [0.15, 0.2) is 82.6 Å². The van der Waals surface area contributed by atoms with Crippen LogP contribution in [0.2, 0.25) is 5.02 Å². The number of amides is 1. The van der Waals surface area contributed by atoms with Crippen molar-refractivity contribution < 1.29 is 9.72 Å². The molecule has 0 aliphatic rings. The first kappa shape index (κ1) is 18.0. The monoisotopic (exact) mass is 384 g/mol. The number of para-hydroxylation sites is 1. The number of nitrogens with zero attached hydrogens (tertiary/aromatic N) is 1. The second kappa shape index (κ2) is 8.03. The van der Waals surface area contributed by atoms with E-state index in [0.717, 1.165) is 9.79 Å². The van der Waals surface area contributed by atoms with Crippen LogP contribution in [0.4, 0.5) is 11.4 Å². The first-order valence-corrected chi connectivity index (χ1v) is 8.81. The maximum absolute atomic E-state index is 12.5. The van der Waals surface area contributed by atoms with Gasteiger partial charge in [0.25, 0.3) is 11.6 Å². The van der Waals surface area contributed by atoms with Crippen LogP contribution in [-0.4, -0.2) is 10.8 Å². The lowest BCUT2D eigenvalue weighted by Gasteiger charge is -2.11. The first-order chi connectivity index (χ1) is 12.5. The summed E-state index contributed by atoms with van der Waals surface area (Å²) < 4.78 is 0. The fourth-order valence-corrected chi connectivity index (χ4v) is 3.37. The lowest BCUT2D eigenvalue weighted by atomic mass is 10.2. The number of anilines is 1. The summed E-state index contributed by atoms with van der Waals surface area (Å²) in [4.78, 5) is 24.8. The molecule has 7 heteroatoms. The molecule has 26 heavy (non-hydrogen) atoms. The van der Waals surface area contributed by atoms with E-state index in [1.54, 1.807) is 6.07 Å². The van der Waals surface area contributed by atoms with E-state index in [-0.39, 0.29) is 16.3 Å². The normalized spacial score (nSPS) is 10.3. The Morgan fingerprint density at radius 1 is 1.00 bits per heavy atom. The van der Waals surface area contributed by atoms with Crippen molar-refractivity contribution in [3.8, 4) is 0 Å². The molecular formula is C19H13ClN2O3S. The minimum Gasteiger partial charge on any atom is -0.321 e. The third-order valence-electron chi connectivity index (χ3n) is 3.51. The highest BCUT2D eigenvalue weighted by Gasteiger charge is 2.17. The Labute approximate surface area is 159 Å². The highest BCUT2D eigenvalue weighted by Crippen LogP contribution is 2.33. The number of hydrogen-bond donors (Lipinski definition) is 1. The molecule has 0 saturated carbocycles. The summed E-state index contributed by atoms with van der Waals surface area (Å²) in [6.07, 6.45) is 0. The topological polar surface area (TPSA) is 72.2 Å². The molecule has 1 N–H and O–H groups in total. The summed E-state index contributed by atoms with van der Waals surface area (Å²) in [7, 11) is 0. The first-order valence-electron chi connectivity index (χ1n) is 7.62. The van der Waals surface area contributed by atoms with Gasteiger partial charge in [-0.3, -0.25) is 14.9 Å². The molecule has 5 nitrogen and oxygen atoms in total. The molecule has 0 atom stereocenters. The number of halogens is 1. The molecule has 130 valence electrons. The summed E-state index contributed by atoms with van der Waals surface area (Å²) in [6.45, 7) is 0. The molecule has 0 spiro atoms. The van der Waals surface area contributed by atoms with Gasteiger partial charge in [0.1, 0.15) is 5.02 Å². The predicted molar refractivity (Wildman–Crippen MR) is 103 cm³/mol. The van der Waals surface area contributed by atoms with Crippen molar-refractivity contribution in [1.29, 1.82) is 0 Å². The van der Waals surface area contributed by atoms with Crippen LogP contribution in [0.5, 0.6) is 0 Å². The number of hydrogen-bond acceptors (Lipinski definition) is 4. The molecule has 0 bridgehead atoms. The van der Waals surface area contributed by atoms with Gasteiger partial charge in [-0.2, -0.15) is 0 Å². The summed E-state index contributed by atoms with van der Waals surface area (Å²) in [6, 6.07) is 21.1. The van der Waals surface area contributed by atoms with E-state index in [1.165, 1.54) is 30.0 Å². The fraction of sp³-hybridized carbons (Fsp3) is 0. The van der Waals surface area contributed by atoms with E-state index in [0.29, 0.717) is 5.69 Å². The molecule has 0 aliphatic heterocycles. The van der Waals surface area contributed by atoms with Gasteiger partial charge < -0.3 is 5.32 Å². The van der Waals surface area contributed by atoms with Gasteiger partial charge in [0, 0.05) is 21.4 Å². The fourth-order valence-electron chi connectivity index (χ4n) is 2.26. The van der Waals surface area contributed by atoms with Gasteiger partial charge in [-0.05, 0) is 36.4 Å². The maximum Gasteiger partial charge on any atom is 0.288 e. The molecule has 0 aliphatic carbocycles. The van der Waals surface area contributed by atoms with Gasteiger partial charge in [-0.1, -0.05) is 53.7 Å². The Hall–Kier alpha value is -2.83. The SMILES string of the molecule is O=C(Nc1ccccc1Sc1ccccc1)c1ccc(Cl)c([N+](=O)[O-])c1. The van der Waals surface area contributed by atoms with E-state index in [1.807, 2.05) is 48.5 Å². The lowest BCUT2D eigenvalue weighted by molar-refractivity contribution is -0.384. The molecule has 1 amide bonds. The molecule has 0 aromatic heterocycles. The van der Waals surface area contributed by atoms with Crippen LogP contribution in [0, 0.1) is 10.1 Å². The van der Waals surface area contributed by atoms with Crippen molar-refractivity contribution >= 4 is 40.6 Å². The van der Waals surface area contributed by atoms with E-state index in [2.05, 4.69) is 5.32 Å². The molecule has 3 aromatic carbocycles. The summed E-state index contributed by atoms with van der Waals surface area (Å²) in [5, 5.41) is 13.8. The number of carbonyl (C=O) groups excluding carboxylic acids is 1. The van der Waals surface area contributed by atoms with Crippen LogP contribution in [0.25, 0.3) is 0 Å². The molecule has 0 saturated heterocycles. The minimum absolute atomic E-state index is 0.00779. The highest BCUT2D eigenvalue weighted by atomic mass is 35.5. The number of carbonyl (C=O) groups is 1. The van der Waals surface area contributed by atoms with Gasteiger partial charge in [0.05, 0.1) is 10.6 Å². The van der Waals surface area contributed by atoms with Crippen molar-refractivity contribution in [3.63, 3.8) is 0 Å². The van der Waals surface area contributed by atoms with E-state index < -0.39 is 10.8 Å². The standard InChI is InChI=1S/C19H13ClN2O3S/c20-15-11-10-13(12-17(15)22(24)25)19(23)21-16-8-4-5-9-18(16)26-14-6-2-1-3-7-14/h1-12H,(H,21,23). The zero-order valence-electron chi connectivity index (χ0n) is 13.4. The number of benzene rings is 3. The Bertz CT molecular complexity index is 964. The van der Waals surface area contributed by atoms with Crippen molar-refractivity contribution in [3.05, 3.63) is 93.5 Å². The Morgan fingerprint density at radius 2 is 1.69 bits per heavy atom. The average molecular weight is 385 g/mol. The third-order valence-corrected chi connectivity index (χ3v) is 4.91. The number of nitro benzene ring substituents is 1. The maximum atomic E-state index is 12.5. The van der Waals surface area contributed by atoms with Crippen molar-refractivity contribution in [2.75, 3.05) is 5.32 Å². The smallest absolute Gasteiger partial charge is 0.288 e. The van der Waals surface area contributed by atoms with Gasteiger partial charge in [0.15, 0.2) is 0 Å². The molecule has 0 unspecified atom stereocenters. The van der Waals surface area contributed by atoms with Crippen LogP contribution in [0.1, 0.15) is 10.4 Å². The molecule has 0 radical (unpaired) electrons. The van der Waals surface area contributed by atoms with Crippen molar-refractivity contribution in [2.24, 2.45) is 0 Å². The Balaban J connectivity index is 1.84. The quantitative estimate of drug-likeness (QED) is 0.455. The predicted octanol–water partition coefficient (Wildman–Crippen LogP) is 5.65. The van der Waals surface area contributed by atoms with Crippen molar-refractivity contribution in [1.82, 2.24) is 0 Å². The second-order valence-electron chi connectivity index (χ2n) is 5.29. The lowest BCUT2D eigenvalue weighted by Crippen LogP contribution is -2.12. The molecular weight excluding hydrogens is 372 g/mol. The van der Waals surface area contributed by atoms with Gasteiger partial charge in [-0.25, -0.2) is 0 Å². The second-order valence-corrected chi connectivity index (χ2v) is 6.81. The summed E-state index contributed by atoms with van der Waals surface area (Å²) in [5.41, 5.74) is 0.496. The van der Waals surface area contributed by atoms with E-state index in [4.69, 9.17) is 11.6 Å². The van der Waals surface area contributed by atoms with E-state index in [9.17, 15) is 14.9 Å². The number of nitrogens with one attached hydrogen (secondary N) is 1.